The lowest BCUT2D eigenvalue weighted by atomic mass is 10.1. The lowest BCUT2D eigenvalue weighted by Gasteiger charge is -2.34. The number of rotatable bonds is 6. The van der Waals surface area contributed by atoms with E-state index in [-0.39, 0.29) is 11.8 Å². The third-order valence-corrected chi connectivity index (χ3v) is 6.84. The molecule has 32 heavy (non-hydrogen) atoms. The van der Waals surface area contributed by atoms with Crippen LogP contribution in [0.15, 0.2) is 46.3 Å². The molecule has 0 unspecified atom stereocenters. The zero-order valence-corrected chi connectivity index (χ0v) is 18.6. The molecule has 0 saturated carbocycles. The first-order chi connectivity index (χ1) is 15.7. The van der Waals surface area contributed by atoms with E-state index in [2.05, 4.69) is 15.0 Å². The summed E-state index contributed by atoms with van der Waals surface area (Å²) < 4.78 is 5.40. The van der Waals surface area contributed by atoms with E-state index in [0.717, 1.165) is 36.5 Å². The monoisotopic (exact) mass is 451 g/mol. The number of piperazine rings is 1. The lowest BCUT2D eigenvalue weighted by Crippen LogP contribution is -2.48. The molecule has 8 nitrogen and oxygen atoms in total. The molecular weight excluding hydrogens is 426 g/mol. The molecule has 2 aromatic heterocycles. The molecule has 9 heteroatoms. The topological polar surface area (TPSA) is 82.8 Å². The van der Waals surface area contributed by atoms with E-state index in [9.17, 15) is 9.59 Å². The minimum absolute atomic E-state index is 0.0474. The summed E-state index contributed by atoms with van der Waals surface area (Å²) in [5, 5.41) is 6.05. The van der Waals surface area contributed by atoms with Gasteiger partial charge in [0.1, 0.15) is 0 Å². The van der Waals surface area contributed by atoms with Crippen molar-refractivity contribution in [3.05, 3.63) is 58.8 Å². The van der Waals surface area contributed by atoms with E-state index in [0.29, 0.717) is 49.9 Å². The second kappa shape index (κ2) is 9.22. The molecule has 3 aromatic rings. The molecule has 4 heterocycles. The van der Waals surface area contributed by atoms with Gasteiger partial charge < -0.3 is 14.3 Å². The van der Waals surface area contributed by atoms with Gasteiger partial charge >= 0.3 is 0 Å². The number of likely N-dealkylation sites (tertiary alicyclic amines) is 1. The van der Waals surface area contributed by atoms with Gasteiger partial charge in [0.15, 0.2) is 0 Å². The van der Waals surface area contributed by atoms with E-state index in [4.69, 9.17) is 4.52 Å². The Morgan fingerprint density at radius 2 is 1.84 bits per heavy atom. The number of hydrogen-bond acceptors (Lipinski definition) is 7. The Labute approximate surface area is 190 Å². The number of carbonyl (C=O) groups excluding carboxylic acids is 2. The van der Waals surface area contributed by atoms with Crippen LogP contribution in [0.3, 0.4) is 0 Å². The maximum absolute atomic E-state index is 12.9. The first kappa shape index (κ1) is 20.8. The summed E-state index contributed by atoms with van der Waals surface area (Å²) in [6.07, 6.45) is 1.58. The fourth-order valence-electron chi connectivity index (χ4n) is 4.15. The van der Waals surface area contributed by atoms with Gasteiger partial charge in [0, 0.05) is 51.3 Å². The molecular formula is C23H25N5O3S. The predicted octanol–water partition coefficient (Wildman–Crippen LogP) is 2.88. The molecule has 0 N–H and O–H groups in total. The van der Waals surface area contributed by atoms with Crippen LogP contribution in [0.4, 0.5) is 0 Å². The molecule has 2 aliphatic rings. The highest BCUT2D eigenvalue weighted by molar-refractivity contribution is 7.13. The fraction of sp³-hybridized carbons (Fsp3) is 0.391. The van der Waals surface area contributed by atoms with Crippen LogP contribution < -0.4 is 0 Å². The van der Waals surface area contributed by atoms with Gasteiger partial charge in [-0.2, -0.15) is 4.98 Å². The van der Waals surface area contributed by atoms with Crippen molar-refractivity contribution in [3.63, 3.8) is 0 Å². The predicted molar refractivity (Wildman–Crippen MR) is 120 cm³/mol. The lowest BCUT2D eigenvalue weighted by molar-refractivity contribution is -0.128. The molecule has 0 atom stereocenters. The van der Waals surface area contributed by atoms with E-state index in [1.807, 2.05) is 51.6 Å². The number of benzene rings is 1. The van der Waals surface area contributed by atoms with Crippen LogP contribution in [-0.4, -0.2) is 69.4 Å². The number of carbonyl (C=O) groups is 2. The molecule has 2 aliphatic heterocycles. The molecule has 0 bridgehead atoms. The van der Waals surface area contributed by atoms with Crippen LogP contribution in [0, 0.1) is 0 Å². The van der Waals surface area contributed by atoms with Crippen molar-refractivity contribution >= 4 is 23.2 Å². The van der Waals surface area contributed by atoms with Crippen molar-refractivity contribution in [2.75, 3.05) is 32.7 Å². The summed E-state index contributed by atoms with van der Waals surface area (Å²) in [7, 11) is 0. The largest absolute Gasteiger partial charge is 0.338 e. The van der Waals surface area contributed by atoms with Gasteiger partial charge in [-0.05, 0) is 35.6 Å². The Hall–Kier alpha value is -3.04. The maximum atomic E-state index is 12.9. The van der Waals surface area contributed by atoms with Crippen LogP contribution in [0.2, 0.25) is 0 Å². The number of aromatic nitrogens is 2. The average Bonchev–Trinajstić information content (AvgIpc) is 3.58. The fourth-order valence-corrected chi connectivity index (χ4v) is 4.80. The molecule has 2 amide bonds. The van der Waals surface area contributed by atoms with Gasteiger partial charge in [0.05, 0.1) is 11.4 Å². The summed E-state index contributed by atoms with van der Waals surface area (Å²) in [4.78, 5) is 36.2. The minimum Gasteiger partial charge on any atom is -0.338 e. The number of thiophene rings is 1. The Balaban J connectivity index is 1.12. The highest BCUT2D eigenvalue weighted by atomic mass is 32.1. The van der Waals surface area contributed by atoms with Crippen LogP contribution in [0.5, 0.6) is 0 Å². The smallest absolute Gasteiger partial charge is 0.253 e. The second-order valence-electron chi connectivity index (χ2n) is 8.17. The SMILES string of the molecule is O=C1CCCN1Cc1ccc(C(=O)N2CCN(Cc3nc(-c4cccs4)no3)CC2)cc1. The van der Waals surface area contributed by atoms with Crippen molar-refractivity contribution in [3.8, 4) is 10.7 Å². The molecule has 0 aliphatic carbocycles. The molecule has 0 spiro atoms. The molecule has 166 valence electrons. The number of nitrogens with zero attached hydrogens (tertiary/aromatic N) is 5. The van der Waals surface area contributed by atoms with Gasteiger partial charge in [-0.15, -0.1) is 11.3 Å². The molecule has 5 rings (SSSR count). The summed E-state index contributed by atoms with van der Waals surface area (Å²) >= 11 is 1.59. The minimum atomic E-state index is 0.0474. The van der Waals surface area contributed by atoms with Crippen molar-refractivity contribution in [2.45, 2.75) is 25.9 Å². The van der Waals surface area contributed by atoms with Gasteiger partial charge in [-0.25, -0.2) is 0 Å². The van der Waals surface area contributed by atoms with Gasteiger partial charge in [-0.3, -0.25) is 14.5 Å². The van der Waals surface area contributed by atoms with E-state index >= 15 is 0 Å². The van der Waals surface area contributed by atoms with Crippen molar-refractivity contribution in [1.82, 2.24) is 24.8 Å². The summed E-state index contributed by atoms with van der Waals surface area (Å²) in [6.45, 7) is 4.88. The van der Waals surface area contributed by atoms with E-state index in [1.165, 1.54) is 0 Å². The van der Waals surface area contributed by atoms with Crippen molar-refractivity contribution < 1.29 is 14.1 Å². The highest BCUT2D eigenvalue weighted by Crippen LogP contribution is 2.22. The van der Waals surface area contributed by atoms with Gasteiger partial charge in [0.2, 0.25) is 17.6 Å². The Morgan fingerprint density at radius 1 is 1.03 bits per heavy atom. The highest BCUT2D eigenvalue weighted by Gasteiger charge is 2.24. The normalized spacial score (nSPS) is 17.3. The van der Waals surface area contributed by atoms with Gasteiger partial charge in [0.25, 0.3) is 5.91 Å². The van der Waals surface area contributed by atoms with Crippen molar-refractivity contribution in [2.24, 2.45) is 0 Å². The molecule has 0 radical (unpaired) electrons. The van der Waals surface area contributed by atoms with E-state index in [1.54, 1.807) is 11.3 Å². The number of hydrogen-bond donors (Lipinski definition) is 0. The average molecular weight is 452 g/mol. The van der Waals surface area contributed by atoms with Crippen LogP contribution in [0.1, 0.15) is 34.7 Å². The Kier molecular flexibility index (Phi) is 6.00. The van der Waals surface area contributed by atoms with E-state index < -0.39 is 0 Å². The molecule has 1 aromatic carbocycles. The van der Waals surface area contributed by atoms with Crippen LogP contribution in [-0.2, 0) is 17.9 Å². The number of amides is 2. The molecule has 2 saturated heterocycles. The summed E-state index contributed by atoms with van der Waals surface area (Å²) in [5.74, 6) is 1.49. The first-order valence-electron chi connectivity index (χ1n) is 10.9. The quantitative estimate of drug-likeness (QED) is 0.573. The van der Waals surface area contributed by atoms with Crippen molar-refractivity contribution in [1.29, 1.82) is 0 Å². The third kappa shape index (κ3) is 4.58. The van der Waals surface area contributed by atoms with Crippen LogP contribution in [0.25, 0.3) is 10.7 Å². The van der Waals surface area contributed by atoms with Crippen LogP contribution >= 0.6 is 11.3 Å². The first-order valence-corrected chi connectivity index (χ1v) is 11.8. The summed E-state index contributed by atoms with van der Waals surface area (Å²) in [6, 6.07) is 11.6. The standard InChI is InChI=1S/C23H25N5O3S/c29-21-4-1-9-28(21)15-17-5-7-18(8-6-17)23(30)27-12-10-26(11-13-27)16-20-24-22(25-31-20)19-3-2-14-32-19/h2-3,5-8,14H,1,4,9-13,15-16H2. The maximum Gasteiger partial charge on any atom is 0.253 e. The Bertz CT molecular complexity index is 1070. The Morgan fingerprint density at radius 3 is 2.53 bits per heavy atom. The zero-order valence-electron chi connectivity index (χ0n) is 17.8. The van der Waals surface area contributed by atoms with Gasteiger partial charge in [-0.1, -0.05) is 23.4 Å². The molecule has 2 fully saturated rings. The second-order valence-corrected chi connectivity index (χ2v) is 9.12. The third-order valence-electron chi connectivity index (χ3n) is 5.97. The summed E-state index contributed by atoms with van der Waals surface area (Å²) in [5.41, 5.74) is 1.75. The zero-order chi connectivity index (χ0) is 21.9.